The van der Waals surface area contributed by atoms with Gasteiger partial charge in [0.15, 0.2) is 0 Å². The van der Waals surface area contributed by atoms with Crippen LogP contribution in [0.2, 0.25) is 0 Å². The van der Waals surface area contributed by atoms with E-state index in [1.165, 1.54) is 18.4 Å². The molecule has 6 rings (SSSR count). The first-order chi connectivity index (χ1) is 20.2. The first-order valence-corrected chi connectivity index (χ1v) is 17.5. The van der Waals surface area contributed by atoms with Crippen molar-refractivity contribution in [2.75, 3.05) is 13.7 Å². The van der Waals surface area contributed by atoms with Crippen molar-refractivity contribution in [3.63, 3.8) is 0 Å². The van der Waals surface area contributed by atoms with E-state index in [4.69, 9.17) is 4.74 Å². The molecule has 10 atom stereocenters. The molecule has 4 heteroatoms. The minimum atomic E-state index is -0.293. The fourth-order valence-corrected chi connectivity index (χ4v) is 12.2. The Morgan fingerprint density at radius 3 is 2.35 bits per heavy atom. The van der Waals surface area contributed by atoms with Crippen LogP contribution in [-0.2, 0) is 11.2 Å². The molecule has 43 heavy (non-hydrogen) atoms. The summed E-state index contributed by atoms with van der Waals surface area (Å²) in [4.78, 5) is 14.4. The van der Waals surface area contributed by atoms with Crippen molar-refractivity contribution >= 4 is 5.91 Å². The van der Waals surface area contributed by atoms with E-state index in [0.29, 0.717) is 42.0 Å². The second kappa shape index (κ2) is 10.6. The second-order valence-electron chi connectivity index (χ2n) is 17.0. The number of fused-ring (bicyclic) bond motifs is 7. The number of hydrogen-bond acceptors (Lipinski definition) is 3. The molecule has 5 aliphatic rings. The van der Waals surface area contributed by atoms with Gasteiger partial charge in [-0.2, -0.15) is 0 Å². The molecule has 2 N–H and O–H groups in total. The fraction of sp³-hybridized carbons (Fsp3) is 0.769. The number of aliphatic hydroxyl groups is 1. The molecule has 0 aliphatic heterocycles. The largest absolute Gasteiger partial charge is 0.497 e. The average molecular weight is 590 g/mol. The van der Waals surface area contributed by atoms with Crippen molar-refractivity contribution in [3.05, 3.63) is 41.5 Å². The fourth-order valence-electron chi connectivity index (χ4n) is 12.2. The van der Waals surface area contributed by atoms with Crippen LogP contribution in [0, 0.1) is 56.7 Å². The van der Waals surface area contributed by atoms with Crippen molar-refractivity contribution in [2.24, 2.45) is 56.7 Å². The van der Waals surface area contributed by atoms with Gasteiger partial charge in [0, 0.05) is 6.54 Å². The van der Waals surface area contributed by atoms with Gasteiger partial charge in [0.1, 0.15) is 5.75 Å². The summed E-state index contributed by atoms with van der Waals surface area (Å²) in [6.45, 7) is 18.1. The minimum Gasteiger partial charge on any atom is -0.497 e. The van der Waals surface area contributed by atoms with Gasteiger partial charge in [-0.3, -0.25) is 4.79 Å². The molecule has 0 radical (unpaired) electrons. The Labute approximate surface area is 261 Å². The molecule has 5 aliphatic carbocycles. The number of carbonyl (C=O) groups excluding carboxylic acids is 1. The number of amides is 1. The van der Waals surface area contributed by atoms with E-state index in [2.05, 4.69) is 72.0 Å². The Morgan fingerprint density at radius 1 is 0.930 bits per heavy atom. The van der Waals surface area contributed by atoms with Gasteiger partial charge < -0.3 is 15.2 Å². The topological polar surface area (TPSA) is 58.6 Å². The Bertz CT molecular complexity index is 1250. The third-order valence-electron chi connectivity index (χ3n) is 15.3. The highest BCUT2D eigenvalue weighted by Crippen LogP contribution is 2.75. The molecule has 4 saturated carbocycles. The molecule has 0 unspecified atom stereocenters. The highest BCUT2D eigenvalue weighted by Gasteiger charge is 2.69. The van der Waals surface area contributed by atoms with E-state index in [9.17, 15) is 9.90 Å². The number of ether oxygens (including phenoxy) is 1. The second-order valence-corrected chi connectivity index (χ2v) is 17.0. The monoisotopic (exact) mass is 589 g/mol. The number of benzene rings is 1. The van der Waals surface area contributed by atoms with Gasteiger partial charge in [0.25, 0.3) is 0 Å². The highest BCUT2D eigenvalue weighted by molar-refractivity contribution is 5.84. The van der Waals surface area contributed by atoms with Crippen LogP contribution in [0.4, 0.5) is 0 Å². The molecule has 0 bridgehead atoms. The molecule has 1 aromatic carbocycles. The Balaban J connectivity index is 1.30. The summed E-state index contributed by atoms with van der Waals surface area (Å²) < 4.78 is 5.32. The van der Waals surface area contributed by atoms with Crippen LogP contribution in [-0.4, -0.2) is 30.8 Å². The molecular weight excluding hydrogens is 530 g/mol. The van der Waals surface area contributed by atoms with Gasteiger partial charge in [-0.05, 0) is 133 Å². The Morgan fingerprint density at radius 2 is 1.65 bits per heavy atom. The number of carbonyl (C=O) groups is 1. The van der Waals surface area contributed by atoms with E-state index in [1.54, 1.807) is 12.7 Å². The zero-order valence-corrected chi connectivity index (χ0v) is 28.4. The highest BCUT2D eigenvalue weighted by atomic mass is 16.5. The van der Waals surface area contributed by atoms with Crippen LogP contribution < -0.4 is 10.1 Å². The van der Waals surface area contributed by atoms with Gasteiger partial charge in [-0.1, -0.05) is 72.2 Å². The summed E-state index contributed by atoms with van der Waals surface area (Å²) in [6.07, 6.45) is 13.2. The van der Waals surface area contributed by atoms with Crippen molar-refractivity contribution in [2.45, 2.75) is 119 Å². The molecule has 0 spiro atoms. The van der Waals surface area contributed by atoms with Crippen LogP contribution in [0.5, 0.6) is 5.75 Å². The van der Waals surface area contributed by atoms with Crippen molar-refractivity contribution in [3.8, 4) is 5.75 Å². The van der Waals surface area contributed by atoms with Gasteiger partial charge >= 0.3 is 0 Å². The van der Waals surface area contributed by atoms with Gasteiger partial charge in [0.2, 0.25) is 5.91 Å². The van der Waals surface area contributed by atoms with E-state index in [-0.39, 0.29) is 33.2 Å². The number of allylic oxidation sites excluding steroid dienone is 2. The number of rotatable bonds is 5. The molecule has 238 valence electrons. The maximum atomic E-state index is 14.4. The lowest BCUT2D eigenvalue weighted by molar-refractivity contribution is -0.204. The molecule has 0 heterocycles. The molecular formula is C39H59NO3. The summed E-state index contributed by atoms with van der Waals surface area (Å²) in [5.41, 5.74) is 3.13. The van der Waals surface area contributed by atoms with Gasteiger partial charge in [-0.15, -0.1) is 0 Å². The van der Waals surface area contributed by atoms with Crippen LogP contribution >= 0.6 is 0 Å². The maximum Gasteiger partial charge on any atom is 0.226 e. The summed E-state index contributed by atoms with van der Waals surface area (Å²) in [7, 11) is 1.70. The third kappa shape index (κ3) is 4.42. The normalized spacial score (nSPS) is 45.0. The summed E-state index contributed by atoms with van der Waals surface area (Å²) in [6, 6.07) is 8.23. The summed E-state index contributed by atoms with van der Waals surface area (Å²) >= 11 is 0. The summed E-state index contributed by atoms with van der Waals surface area (Å²) in [5.74, 6) is 3.82. The lowest BCUT2D eigenvalue weighted by Crippen LogP contribution is -2.66. The van der Waals surface area contributed by atoms with Crippen LogP contribution in [0.15, 0.2) is 35.9 Å². The quantitative estimate of drug-likeness (QED) is 0.339. The number of aliphatic hydroxyl groups excluding tert-OH is 1. The molecule has 1 aromatic rings. The van der Waals surface area contributed by atoms with Crippen LogP contribution in [0.3, 0.4) is 0 Å². The first-order valence-electron chi connectivity index (χ1n) is 17.5. The first kappa shape index (κ1) is 31.2. The average Bonchev–Trinajstić information content (AvgIpc) is 2.97. The molecule has 0 saturated heterocycles. The number of methoxy groups -OCH3 is 1. The third-order valence-corrected chi connectivity index (χ3v) is 15.3. The van der Waals surface area contributed by atoms with Crippen molar-refractivity contribution in [1.82, 2.24) is 5.32 Å². The number of hydrogen-bond donors (Lipinski definition) is 2. The zero-order chi connectivity index (χ0) is 31.0. The lowest BCUT2D eigenvalue weighted by atomic mass is 9.33. The SMILES string of the molecule is COc1ccc(CCNC(=O)[C@]23CC[C@@H](C)[C@H](C)[C@H]2C2=CC[C@@H]4[C@@]5(C)CC[C@H](O)C(C)(C)[C@@H]5CC[C@@]4(C)[C@]2(C)CC3)cc1. The predicted molar refractivity (Wildman–Crippen MR) is 175 cm³/mol. The van der Waals surface area contributed by atoms with Gasteiger partial charge in [0.05, 0.1) is 18.6 Å². The minimum absolute atomic E-state index is 0.0296. The lowest BCUT2D eigenvalue weighted by Gasteiger charge is -2.71. The van der Waals surface area contributed by atoms with E-state index in [0.717, 1.165) is 57.1 Å². The summed E-state index contributed by atoms with van der Waals surface area (Å²) in [5, 5.41) is 14.5. The van der Waals surface area contributed by atoms with Crippen molar-refractivity contribution in [1.29, 1.82) is 0 Å². The van der Waals surface area contributed by atoms with Crippen LogP contribution in [0.25, 0.3) is 0 Å². The standard InChI is InChI=1S/C39H59NO3/c1-25-15-21-39(34(42)40-24-18-27-9-11-28(43-8)12-10-27)23-22-37(6)29(33(39)26(25)2)13-14-31-36(5)19-17-32(41)35(3,4)30(36)16-20-38(31,37)7/h9-13,25-26,30-33,41H,14-24H2,1-8H3,(H,40,42)/t25-,26+,30+,31-,32+,33+,36+,37-,38-,39+/m1/s1. The molecule has 4 fully saturated rings. The maximum absolute atomic E-state index is 14.4. The number of nitrogens with one attached hydrogen (secondary N) is 1. The molecule has 0 aromatic heterocycles. The van der Waals surface area contributed by atoms with Gasteiger partial charge in [-0.25, -0.2) is 0 Å². The van der Waals surface area contributed by atoms with E-state index in [1.807, 2.05) is 12.1 Å². The Kier molecular flexibility index (Phi) is 7.71. The van der Waals surface area contributed by atoms with E-state index < -0.39 is 0 Å². The zero-order valence-electron chi connectivity index (χ0n) is 28.4. The molecule has 4 nitrogen and oxygen atoms in total. The molecule has 1 amide bonds. The predicted octanol–water partition coefficient (Wildman–Crippen LogP) is 8.37. The Hall–Kier alpha value is -1.81. The van der Waals surface area contributed by atoms with E-state index >= 15 is 0 Å². The van der Waals surface area contributed by atoms with Crippen molar-refractivity contribution < 1.29 is 14.6 Å². The van der Waals surface area contributed by atoms with Crippen LogP contribution in [0.1, 0.15) is 112 Å². The smallest absolute Gasteiger partial charge is 0.226 e.